The maximum absolute atomic E-state index is 15.1. The lowest BCUT2D eigenvalue weighted by molar-refractivity contribution is -0.115. The summed E-state index contributed by atoms with van der Waals surface area (Å²) in [7, 11) is 1.57. The van der Waals surface area contributed by atoms with Gasteiger partial charge in [-0.05, 0) is 54.1 Å². The topological polar surface area (TPSA) is 85.2 Å². The summed E-state index contributed by atoms with van der Waals surface area (Å²) in [5.41, 5.74) is 2.45. The number of halogens is 2. The summed E-state index contributed by atoms with van der Waals surface area (Å²) in [6.07, 6.45) is 6.37. The summed E-state index contributed by atoms with van der Waals surface area (Å²) in [5, 5.41) is 3.81. The number of nitrogens with zero attached hydrogens (tertiary/aromatic N) is 3. The molecule has 1 aromatic heterocycles. The zero-order valence-electron chi connectivity index (χ0n) is 20.6. The minimum absolute atomic E-state index is 0.00642. The van der Waals surface area contributed by atoms with E-state index in [1.165, 1.54) is 42.6 Å². The summed E-state index contributed by atoms with van der Waals surface area (Å²) < 4.78 is 39.6. The standard InChI is InChI=1S/C30H20F2N4O3/c1-38-20-7-8-21-25(15-20)33-13-11-26(21)39-27-9-6-19(14-23(27)32)36-30-28-24(10-12-34-30)35-16-22(29(28)37)17-2-4-18(31)5-3-17/h2-16,28,35H,1H3. The van der Waals surface area contributed by atoms with E-state index in [1.54, 1.807) is 55.9 Å². The average Bonchev–Trinajstić information content (AvgIpc) is 2.95. The summed E-state index contributed by atoms with van der Waals surface area (Å²) in [5.74, 6) is -0.781. The van der Waals surface area contributed by atoms with Crippen LogP contribution in [0.1, 0.15) is 5.56 Å². The molecule has 3 heterocycles. The van der Waals surface area contributed by atoms with Gasteiger partial charge in [-0.3, -0.25) is 9.78 Å². The van der Waals surface area contributed by atoms with Crippen molar-refractivity contribution in [3.8, 4) is 17.2 Å². The first-order valence-corrected chi connectivity index (χ1v) is 12.0. The number of aromatic nitrogens is 1. The molecule has 3 aromatic carbocycles. The van der Waals surface area contributed by atoms with Crippen molar-refractivity contribution in [3.05, 3.63) is 108 Å². The lowest BCUT2D eigenvalue weighted by Gasteiger charge is -2.27. The number of fused-ring (bicyclic) bond motifs is 2. The molecule has 0 fully saturated rings. The van der Waals surface area contributed by atoms with Crippen molar-refractivity contribution in [3.63, 3.8) is 0 Å². The number of ether oxygens (including phenoxy) is 2. The molecular weight excluding hydrogens is 502 g/mol. The van der Waals surface area contributed by atoms with Crippen LogP contribution < -0.4 is 14.8 Å². The van der Waals surface area contributed by atoms with Gasteiger partial charge in [0.2, 0.25) is 0 Å². The van der Waals surface area contributed by atoms with Crippen molar-refractivity contribution < 1.29 is 23.0 Å². The maximum atomic E-state index is 15.1. The van der Waals surface area contributed by atoms with Gasteiger partial charge in [-0.1, -0.05) is 12.1 Å². The highest BCUT2D eigenvalue weighted by Gasteiger charge is 2.35. The van der Waals surface area contributed by atoms with Crippen LogP contribution in [0.15, 0.2) is 101 Å². The molecule has 4 aromatic rings. The Balaban J connectivity index is 1.27. The number of methoxy groups -OCH3 is 1. The molecule has 0 saturated heterocycles. The number of nitrogens with one attached hydrogen (secondary N) is 1. The van der Waals surface area contributed by atoms with Crippen LogP contribution in [0.3, 0.4) is 0 Å². The minimum Gasteiger partial charge on any atom is -0.497 e. The number of aliphatic imine (C=N–C) groups is 2. The van der Waals surface area contributed by atoms with Gasteiger partial charge in [0, 0.05) is 47.4 Å². The number of carbonyl (C=O) groups excluding carboxylic acids is 1. The number of carbonyl (C=O) groups is 1. The zero-order valence-corrected chi connectivity index (χ0v) is 20.6. The predicted octanol–water partition coefficient (Wildman–Crippen LogP) is 6.14. The Morgan fingerprint density at radius 3 is 2.62 bits per heavy atom. The molecule has 0 bridgehead atoms. The van der Waals surface area contributed by atoms with Crippen LogP contribution in [0.5, 0.6) is 17.2 Å². The second kappa shape index (κ2) is 9.94. The number of dihydropyridines is 1. The van der Waals surface area contributed by atoms with Crippen molar-refractivity contribution in [1.82, 2.24) is 10.3 Å². The van der Waals surface area contributed by atoms with Gasteiger partial charge in [0.05, 0.1) is 18.3 Å². The quantitative estimate of drug-likeness (QED) is 0.340. The maximum Gasteiger partial charge on any atom is 0.181 e. The Morgan fingerprint density at radius 2 is 1.82 bits per heavy atom. The zero-order chi connectivity index (χ0) is 26.9. The monoisotopic (exact) mass is 522 g/mol. The molecule has 1 unspecified atom stereocenters. The Kier molecular flexibility index (Phi) is 6.16. The second-order valence-electron chi connectivity index (χ2n) is 8.79. The minimum atomic E-state index is -0.806. The van der Waals surface area contributed by atoms with E-state index in [0.29, 0.717) is 39.2 Å². The normalized spacial score (nSPS) is 17.4. The van der Waals surface area contributed by atoms with E-state index in [4.69, 9.17) is 9.47 Å². The largest absolute Gasteiger partial charge is 0.497 e. The van der Waals surface area contributed by atoms with E-state index >= 15 is 4.39 Å². The van der Waals surface area contributed by atoms with Crippen molar-refractivity contribution in [1.29, 1.82) is 0 Å². The average molecular weight is 523 g/mol. The van der Waals surface area contributed by atoms with Crippen LogP contribution >= 0.6 is 0 Å². The van der Waals surface area contributed by atoms with E-state index < -0.39 is 17.6 Å². The summed E-state index contributed by atoms with van der Waals surface area (Å²) >= 11 is 0. The van der Waals surface area contributed by atoms with Gasteiger partial charge >= 0.3 is 0 Å². The van der Waals surface area contributed by atoms with Crippen molar-refractivity contribution in [2.24, 2.45) is 15.9 Å². The Morgan fingerprint density at radius 1 is 0.974 bits per heavy atom. The first kappa shape index (κ1) is 24.2. The van der Waals surface area contributed by atoms with Crippen molar-refractivity contribution >= 4 is 40.0 Å². The van der Waals surface area contributed by atoms with Crippen LogP contribution in [-0.4, -0.2) is 29.9 Å². The molecule has 0 spiro atoms. The third kappa shape index (κ3) is 4.66. The van der Waals surface area contributed by atoms with E-state index in [0.717, 1.165) is 0 Å². The number of pyridine rings is 1. The molecule has 2 aliphatic heterocycles. The van der Waals surface area contributed by atoms with Gasteiger partial charge in [-0.2, -0.15) is 0 Å². The number of benzene rings is 3. The second-order valence-corrected chi connectivity index (χ2v) is 8.79. The third-order valence-corrected chi connectivity index (χ3v) is 6.39. The number of Topliss-reactive ketones (excluding diaryl/α,β-unsaturated/α-hetero) is 1. The number of amidine groups is 1. The highest BCUT2D eigenvalue weighted by atomic mass is 19.1. The van der Waals surface area contributed by atoms with Crippen LogP contribution in [-0.2, 0) is 4.79 Å². The lowest BCUT2D eigenvalue weighted by Crippen LogP contribution is -2.36. The van der Waals surface area contributed by atoms with E-state index in [-0.39, 0.29) is 23.1 Å². The van der Waals surface area contributed by atoms with Crippen LogP contribution in [0.25, 0.3) is 16.5 Å². The first-order valence-electron chi connectivity index (χ1n) is 12.0. The van der Waals surface area contributed by atoms with Crippen molar-refractivity contribution in [2.75, 3.05) is 7.11 Å². The van der Waals surface area contributed by atoms with Gasteiger partial charge in [0.15, 0.2) is 17.3 Å². The number of ketones is 1. The fourth-order valence-corrected chi connectivity index (χ4v) is 4.43. The Labute approximate surface area is 221 Å². The molecule has 2 aliphatic rings. The number of allylic oxidation sites excluding steroid dienone is 2. The van der Waals surface area contributed by atoms with Gasteiger partial charge < -0.3 is 14.8 Å². The Bertz CT molecular complexity index is 1740. The van der Waals surface area contributed by atoms with E-state index in [9.17, 15) is 9.18 Å². The van der Waals surface area contributed by atoms with E-state index in [1.807, 2.05) is 0 Å². The molecule has 1 N–H and O–H groups in total. The highest BCUT2D eigenvalue weighted by Crippen LogP contribution is 2.34. The molecule has 39 heavy (non-hydrogen) atoms. The molecule has 0 saturated carbocycles. The summed E-state index contributed by atoms with van der Waals surface area (Å²) in [6, 6.07) is 16.9. The molecule has 0 amide bonds. The van der Waals surface area contributed by atoms with Crippen LogP contribution in [0.4, 0.5) is 14.5 Å². The van der Waals surface area contributed by atoms with Gasteiger partial charge in [-0.25, -0.2) is 18.8 Å². The van der Waals surface area contributed by atoms with E-state index in [2.05, 4.69) is 20.3 Å². The SMILES string of the molecule is COc1ccc2c(Oc3ccc(N=C4N=CC=C5NC=C(c6ccc(F)cc6)C(=O)C54)cc3F)ccnc2c1. The molecule has 9 heteroatoms. The molecule has 1 atom stereocenters. The third-order valence-electron chi connectivity index (χ3n) is 6.39. The van der Waals surface area contributed by atoms with Crippen LogP contribution in [0.2, 0.25) is 0 Å². The van der Waals surface area contributed by atoms with Crippen molar-refractivity contribution in [2.45, 2.75) is 0 Å². The van der Waals surface area contributed by atoms with Crippen LogP contribution in [0, 0.1) is 17.6 Å². The summed E-state index contributed by atoms with van der Waals surface area (Å²) in [6.45, 7) is 0. The van der Waals surface area contributed by atoms with Gasteiger partial charge in [0.1, 0.15) is 29.1 Å². The molecule has 6 rings (SSSR count). The fraction of sp³-hybridized carbons (Fsp3) is 0.0667. The van der Waals surface area contributed by atoms with Gasteiger partial charge in [-0.15, -0.1) is 0 Å². The highest BCUT2D eigenvalue weighted by molar-refractivity contribution is 6.31. The molecule has 0 radical (unpaired) electrons. The lowest BCUT2D eigenvalue weighted by atomic mass is 9.86. The van der Waals surface area contributed by atoms with Gasteiger partial charge in [0.25, 0.3) is 0 Å². The predicted molar refractivity (Wildman–Crippen MR) is 144 cm³/mol. The molecule has 7 nitrogen and oxygen atoms in total. The smallest absolute Gasteiger partial charge is 0.181 e. The Hall–Kier alpha value is -5.18. The first-order chi connectivity index (χ1) is 19.0. The fourth-order valence-electron chi connectivity index (χ4n) is 4.43. The summed E-state index contributed by atoms with van der Waals surface area (Å²) in [4.78, 5) is 26.5. The number of rotatable bonds is 5. The molecule has 0 aliphatic carbocycles. The number of hydrogen-bond donors (Lipinski definition) is 1. The number of hydrogen-bond acceptors (Lipinski definition) is 6. The molecular formula is C30H20F2N4O3. The molecule has 192 valence electrons.